The van der Waals surface area contributed by atoms with Crippen molar-refractivity contribution in [1.82, 2.24) is 20.6 Å². The van der Waals surface area contributed by atoms with Crippen molar-refractivity contribution in [2.45, 2.75) is 65.2 Å². The molecule has 0 bridgehead atoms. The van der Waals surface area contributed by atoms with E-state index in [1.807, 2.05) is 50.2 Å². The maximum absolute atomic E-state index is 10.9. The first-order valence-electron chi connectivity index (χ1n) is 18.3. The van der Waals surface area contributed by atoms with E-state index in [2.05, 4.69) is 77.8 Å². The monoisotopic (exact) mass is 926 g/mol. The molecular formula is C42H48Br2N4O10. The summed E-state index contributed by atoms with van der Waals surface area (Å²) in [5.74, 6) is -0.873. The van der Waals surface area contributed by atoms with Gasteiger partial charge in [0.05, 0.1) is 34.0 Å². The number of carbonyl (C=O) groups is 2. The third-order valence-electron chi connectivity index (χ3n) is 8.76. The van der Waals surface area contributed by atoms with E-state index in [4.69, 9.17) is 29.2 Å². The molecule has 58 heavy (non-hydrogen) atoms. The first-order valence-corrected chi connectivity index (χ1v) is 19.9. The molecule has 16 heteroatoms. The second-order valence-electron chi connectivity index (χ2n) is 13.2. The minimum Gasteiger partial charge on any atom is -0.481 e. The SMILES string of the molecule is C=CCOc1nc(OCc2cccc(-c3cccc(COc4nc(OCC=C)c(CNCC(O)CC(=O)O)cc4Br)c3C)c2C)c(Br)cc1CNCC(O)CC(=O)O. The summed E-state index contributed by atoms with van der Waals surface area (Å²) in [6, 6.07) is 15.7. The number of aliphatic carboxylic acids is 2. The predicted molar refractivity (Wildman–Crippen MR) is 225 cm³/mol. The molecule has 2 aromatic carbocycles. The van der Waals surface area contributed by atoms with Crippen LogP contribution >= 0.6 is 31.9 Å². The number of hydrogen-bond donors (Lipinski definition) is 6. The Morgan fingerprint density at radius 3 is 1.43 bits per heavy atom. The molecule has 4 rings (SSSR count). The summed E-state index contributed by atoms with van der Waals surface area (Å²) < 4.78 is 25.3. The Kier molecular flexibility index (Phi) is 18.1. The van der Waals surface area contributed by atoms with Crippen LogP contribution < -0.4 is 29.6 Å². The van der Waals surface area contributed by atoms with Crippen molar-refractivity contribution < 1.29 is 49.0 Å². The molecule has 0 saturated carbocycles. The van der Waals surface area contributed by atoms with Gasteiger partial charge in [0, 0.05) is 37.3 Å². The number of hydrogen-bond acceptors (Lipinski definition) is 12. The van der Waals surface area contributed by atoms with Gasteiger partial charge in [-0.1, -0.05) is 61.7 Å². The van der Waals surface area contributed by atoms with Crippen LogP contribution in [0.4, 0.5) is 0 Å². The summed E-state index contributed by atoms with van der Waals surface area (Å²) in [7, 11) is 0. The Labute approximate surface area is 354 Å². The maximum Gasteiger partial charge on any atom is 0.306 e. The summed E-state index contributed by atoms with van der Waals surface area (Å²) >= 11 is 7.13. The second kappa shape index (κ2) is 22.9. The van der Waals surface area contributed by atoms with Gasteiger partial charge in [-0.3, -0.25) is 9.59 Å². The molecule has 0 aliphatic carbocycles. The zero-order chi connectivity index (χ0) is 42.2. The largest absolute Gasteiger partial charge is 0.481 e. The summed E-state index contributed by atoms with van der Waals surface area (Å²) in [5, 5.41) is 43.8. The molecule has 14 nitrogen and oxygen atoms in total. The molecule has 2 heterocycles. The highest BCUT2D eigenvalue weighted by molar-refractivity contribution is 9.10. The maximum atomic E-state index is 10.9. The molecule has 310 valence electrons. The van der Waals surface area contributed by atoms with Crippen LogP contribution in [-0.4, -0.2) is 80.8 Å². The number of benzene rings is 2. The summed E-state index contributed by atoms with van der Waals surface area (Å²) in [6.07, 6.45) is 0.397. The van der Waals surface area contributed by atoms with Gasteiger partial charge in [0.2, 0.25) is 23.5 Å². The Hall–Kier alpha value is -4.84. The number of halogens is 2. The van der Waals surface area contributed by atoms with Gasteiger partial charge in [-0.15, -0.1) is 0 Å². The van der Waals surface area contributed by atoms with Gasteiger partial charge in [-0.25, -0.2) is 0 Å². The molecule has 2 atom stereocenters. The Balaban J connectivity index is 1.48. The fourth-order valence-corrected chi connectivity index (χ4v) is 6.78. The van der Waals surface area contributed by atoms with Crippen molar-refractivity contribution in [1.29, 1.82) is 0 Å². The molecule has 0 aliphatic heterocycles. The van der Waals surface area contributed by atoms with Crippen LogP contribution in [-0.2, 0) is 35.9 Å². The molecule has 0 amide bonds. The number of pyridine rings is 2. The summed E-state index contributed by atoms with van der Waals surface area (Å²) in [6.45, 7) is 13.1. The molecule has 0 fully saturated rings. The highest BCUT2D eigenvalue weighted by atomic mass is 79.9. The number of ether oxygens (including phenoxy) is 4. The van der Waals surface area contributed by atoms with Gasteiger partial charge in [0.15, 0.2) is 0 Å². The first-order chi connectivity index (χ1) is 27.8. The lowest BCUT2D eigenvalue weighted by Crippen LogP contribution is -2.28. The van der Waals surface area contributed by atoms with Crippen molar-refractivity contribution in [2.75, 3.05) is 26.3 Å². The second-order valence-corrected chi connectivity index (χ2v) is 14.9. The topological polar surface area (TPSA) is 202 Å². The van der Waals surface area contributed by atoms with E-state index >= 15 is 0 Å². The Morgan fingerprint density at radius 2 is 1.07 bits per heavy atom. The fraction of sp³-hybridized carbons (Fsp3) is 0.333. The van der Waals surface area contributed by atoms with Crippen molar-refractivity contribution in [3.05, 3.63) is 116 Å². The lowest BCUT2D eigenvalue weighted by atomic mass is 9.92. The quantitative estimate of drug-likeness (QED) is 0.0398. The minimum atomic E-state index is -1.08. The molecule has 0 radical (unpaired) electrons. The van der Waals surface area contributed by atoms with Crippen molar-refractivity contribution >= 4 is 43.8 Å². The van der Waals surface area contributed by atoms with Crippen LogP contribution in [0, 0.1) is 13.8 Å². The standard InChI is InChI=1S/C42H48Br2N4O10/c1-5-13-55-39-29(19-45-21-31(49)17-37(51)52)15-35(43)41(47-39)57-23-27-9-7-11-33(25(27)3)34-12-8-10-28(26(34)4)24-58-42-36(44)16-30(40(48-42)56-14-6-2)20-46-22-32(50)18-38(53)54/h5-12,15-16,31-32,45-46,49-50H,1-2,13-14,17-24H2,3-4H3,(H,51,52)(H,53,54). The lowest BCUT2D eigenvalue weighted by Gasteiger charge is -2.18. The zero-order valence-corrected chi connectivity index (χ0v) is 35.5. The van der Waals surface area contributed by atoms with Crippen molar-refractivity contribution in [2.24, 2.45) is 0 Å². The van der Waals surface area contributed by atoms with E-state index in [0.717, 1.165) is 33.4 Å². The summed E-state index contributed by atoms with van der Waals surface area (Å²) in [4.78, 5) is 31.0. The first kappa shape index (κ1) is 45.9. The molecule has 2 unspecified atom stereocenters. The Bertz CT molecular complexity index is 1920. The van der Waals surface area contributed by atoms with Gasteiger partial charge < -0.3 is 50.0 Å². The fourth-order valence-electron chi connectivity index (χ4n) is 5.82. The van der Waals surface area contributed by atoms with E-state index in [0.29, 0.717) is 43.6 Å². The predicted octanol–water partition coefficient (Wildman–Crippen LogP) is 6.42. The van der Waals surface area contributed by atoms with Crippen LogP contribution in [0.15, 0.2) is 82.8 Å². The van der Waals surface area contributed by atoms with Gasteiger partial charge in [0.1, 0.15) is 26.4 Å². The normalized spacial score (nSPS) is 12.0. The van der Waals surface area contributed by atoms with Crippen LogP contribution in [0.5, 0.6) is 23.5 Å². The van der Waals surface area contributed by atoms with E-state index < -0.39 is 24.1 Å². The summed E-state index contributed by atoms with van der Waals surface area (Å²) in [5.41, 5.74) is 7.37. The molecule has 0 saturated heterocycles. The third-order valence-corrected chi connectivity index (χ3v) is 9.90. The Morgan fingerprint density at radius 1 is 0.672 bits per heavy atom. The van der Waals surface area contributed by atoms with Crippen LogP contribution in [0.25, 0.3) is 11.1 Å². The number of rotatable bonds is 25. The van der Waals surface area contributed by atoms with Gasteiger partial charge >= 0.3 is 11.9 Å². The third kappa shape index (κ3) is 13.6. The lowest BCUT2D eigenvalue weighted by molar-refractivity contribution is -0.140. The van der Waals surface area contributed by atoms with Crippen LogP contribution in [0.1, 0.15) is 46.2 Å². The number of carboxylic acids is 2. The minimum absolute atomic E-state index is 0.0795. The average Bonchev–Trinajstić information content (AvgIpc) is 3.16. The molecule has 0 aliphatic rings. The zero-order valence-electron chi connectivity index (χ0n) is 32.3. The number of aliphatic hydroxyl groups excluding tert-OH is 2. The van der Waals surface area contributed by atoms with Gasteiger partial charge in [-0.2, -0.15) is 9.97 Å². The number of aliphatic hydroxyl groups is 2. The molecule has 4 aromatic rings. The van der Waals surface area contributed by atoms with E-state index in [1.165, 1.54) is 0 Å². The van der Waals surface area contributed by atoms with Gasteiger partial charge in [-0.05, 0) is 91.2 Å². The molecule has 6 N–H and O–H groups in total. The van der Waals surface area contributed by atoms with E-state index in [-0.39, 0.29) is 65.4 Å². The number of carboxylic acid groups (broad SMARTS) is 2. The highest BCUT2D eigenvalue weighted by Gasteiger charge is 2.18. The van der Waals surface area contributed by atoms with Crippen molar-refractivity contribution in [3.8, 4) is 34.6 Å². The molecular weight excluding hydrogens is 880 g/mol. The number of nitrogens with zero attached hydrogens (tertiary/aromatic N) is 2. The average molecular weight is 929 g/mol. The van der Waals surface area contributed by atoms with Gasteiger partial charge in [0.25, 0.3) is 0 Å². The van der Waals surface area contributed by atoms with E-state index in [1.54, 1.807) is 12.2 Å². The molecule has 2 aromatic heterocycles. The number of aromatic nitrogens is 2. The van der Waals surface area contributed by atoms with Crippen LogP contribution in [0.3, 0.4) is 0 Å². The number of nitrogens with one attached hydrogen (secondary N) is 2. The smallest absolute Gasteiger partial charge is 0.306 e. The van der Waals surface area contributed by atoms with Crippen LogP contribution in [0.2, 0.25) is 0 Å². The highest BCUT2D eigenvalue weighted by Crippen LogP contribution is 2.35. The molecule has 0 spiro atoms. The van der Waals surface area contributed by atoms with E-state index in [9.17, 15) is 19.8 Å². The van der Waals surface area contributed by atoms with Crippen molar-refractivity contribution in [3.63, 3.8) is 0 Å².